The maximum absolute atomic E-state index is 13.2. The first-order chi connectivity index (χ1) is 14.7. The highest BCUT2D eigenvalue weighted by Gasteiger charge is 2.55. The minimum atomic E-state index is 0.193. The van der Waals surface area contributed by atoms with Crippen molar-refractivity contribution in [1.29, 1.82) is 0 Å². The second-order valence-corrected chi connectivity index (χ2v) is 10.1. The molecule has 3 fully saturated rings. The summed E-state index contributed by atoms with van der Waals surface area (Å²) in [6.07, 6.45) is 5.72. The molecule has 0 N–H and O–H groups in total. The molecule has 0 radical (unpaired) electrons. The van der Waals surface area contributed by atoms with Gasteiger partial charge in [-0.2, -0.15) is 0 Å². The first-order valence-electron chi connectivity index (χ1n) is 10.9. The molecular formula is C23H27N3O3S. The standard InChI is InChI=1S/C23H27N3O3S/c27-22(26-9-10-30-21-4-2-1-3-17(21)14-26)25-7-5-24(6-8-25)15-23-12-18(23)11-19-20(13-23)29-16-28-19/h1-4,11,13,18H,5-10,12,14-16H2. The number of ether oxygens (including phenoxy) is 2. The molecular weight excluding hydrogens is 398 g/mol. The van der Waals surface area contributed by atoms with Gasteiger partial charge < -0.3 is 19.3 Å². The average molecular weight is 426 g/mol. The fourth-order valence-electron chi connectivity index (χ4n) is 5.16. The van der Waals surface area contributed by atoms with Crippen LogP contribution in [0.2, 0.25) is 0 Å². The molecule has 0 aromatic heterocycles. The van der Waals surface area contributed by atoms with E-state index in [2.05, 4.69) is 41.3 Å². The fourth-order valence-corrected chi connectivity index (χ4v) is 6.18. The predicted molar refractivity (Wildman–Crippen MR) is 115 cm³/mol. The zero-order chi connectivity index (χ0) is 20.1. The Morgan fingerprint density at radius 3 is 2.80 bits per heavy atom. The first-order valence-corrected chi connectivity index (χ1v) is 11.9. The van der Waals surface area contributed by atoms with Gasteiger partial charge in [0, 0.05) is 61.9 Å². The van der Waals surface area contributed by atoms with Crippen molar-refractivity contribution in [2.45, 2.75) is 17.9 Å². The minimum Gasteiger partial charge on any atom is -0.454 e. The third-order valence-corrected chi connectivity index (χ3v) is 8.10. The summed E-state index contributed by atoms with van der Waals surface area (Å²) in [5.74, 6) is 3.40. The van der Waals surface area contributed by atoms with Crippen molar-refractivity contribution < 1.29 is 14.3 Å². The van der Waals surface area contributed by atoms with E-state index in [9.17, 15) is 4.79 Å². The lowest BCUT2D eigenvalue weighted by atomic mass is 9.96. The van der Waals surface area contributed by atoms with Gasteiger partial charge in [-0.15, -0.1) is 11.8 Å². The molecule has 2 saturated heterocycles. The van der Waals surface area contributed by atoms with E-state index in [1.54, 1.807) is 0 Å². The van der Waals surface area contributed by atoms with Crippen LogP contribution in [0.3, 0.4) is 0 Å². The van der Waals surface area contributed by atoms with Crippen LogP contribution >= 0.6 is 11.8 Å². The predicted octanol–water partition coefficient (Wildman–Crippen LogP) is 3.12. The van der Waals surface area contributed by atoms with Crippen LogP contribution < -0.4 is 0 Å². The molecule has 7 heteroatoms. The van der Waals surface area contributed by atoms with E-state index in [0.29, 0.717) is 12.7 Å². The van der Waals surface area contributed by atoms with E-state index in [-0.39, 0.29) is 11.4 Å². The smallest absolute Gasteiger partial charge is 0.320 e. The van der Waals surface area contributed by atoms with E-state index in [4.69, 9.17) is 9.47 Å². The van der Waals surface area contributed by atoms with Crippen molar-refractivity contribution in [3.63, 3.8) is 0 Å². The van der Waals surface area contributed by atoms with E-state index >= 15 is 0 Å². The number of benzene rings is 1. The van der Waals surface area contributed by atoms with Gasteiger partial charge in [-0.3, -0.25) is 4.90 Å². The minimum absolute atomic E-state index is 0.193. The molecule has 3 heterocycles. The van der Waals surface area contributed by atoms with Crippen LogP contribution in [-0.4, -0.2) is 72.5 Å². The van der Waals surface area contributed by atoms with Gasteiger partial charge in [0.15, 0.2) is 11.5 Å². The van der Waals surface area contributed by atoms with E-state index in [0.717, 1.165) is 63.1 Å². The second-order valence-electron chi connectivity index (χ2n) is 8.91. The Morgan fingerprint density at radius 2 is 1.90 bits per heavy atom. The highest BCUT2D eigenvalue weighted by Crippen LogP contribution is 2.59. The van der Waals surface area contributed by atoms with Gasteiger partial charge in [0.25, 0.3) is 0 Å². The quantitative estimate of drug-likeness (QED) is 0.729. The van der Waals surface area contributed by atoms with Crippen molar-refractivity contribution in [3.8, 4) is 0 Å². The Kier molecular flexibility index (Phi) is 4.49. The van der Waals surface area contributed by atoms with Crippen molar-refractivity contribution in [3.05, 3.63) is 53.5 Å². The van der Waals surface area contributed by atoms with Crippen LogP contribution in [-0.2, 0) is 16.0 Å². The third-order valence-electron chi connectivity index (χ3n) is 7.00. The lowest BCUT2D eigenvalue weighted by molar-refractivity contribution is 0.0966. The number of thioether (sulfide) groups is 1. The molecule has 2 aliphatic carbocycles. The Hall–Kier alpha value is -2.12. The van der Waals surface area contributed by atoms with Gasteiger partial charge in [0.1, 0.15) is 0 Å². The van der Waals surface area contributed by atoms with Gasteiger partial charge in [-0.25, -0.2) is 4.79 Å². The first kappa shape index (κ1) is 18.6. The number of urea groups is 1. The molecule has 3 aliphatic heterocycles. The molecule has 1 aromatic carbocycles. The number of rotatable bonds is 2. The number of fused-ring (bicyclic) bond motifs is 3. The molecule has 30 heavy (non-hydrogen) atoms. The molecule has 6 nitrogen and oxygen atoms in total. The van der Waals surface area contributed by atoms with Crippen LogP contribution in [0, 0.1) is 11.3 Å². The average Bonchev–Trinajstić information content (AvgIpc) is 3.35. The SMILES string of the molecule is O=C(N1CCN(CC23C=C4OCOC4=CC2C3)CC1)N1CCSc2ccccc2C1. The molecule has 2 atom stereocenters. The van der Waals surface area contributed by atoms with Crippen molar-refractivity contribution in [1.82, 2.24) is 14.7 Å². The summed E-state index contributed by atoms with van der Waals surface area (Å²) in [5.41, 5.74) is 1.48. The number of hydrogen-bond donors (Lipinski definition) is 0. The maximum Gasteiger partial charge on any atom is 0.320 e. The summed E-state index contributed by atoms with van der Waals surface area (Å²) in [4.78, 5) is 21.1. The van der Waals surface area contributed by atoms with Gasteiger partial charge in [0.2, 0.25) is 6.79 Å². The molecule has 158 valence electrons. The number of amides is 2. The summed E-state index contributed by atoms with van der Waals surface area (Å²) >= 11 is 1.86. The number of nitrogens with zero attached hydrogens (tertiary/aromatic N) is 3. The lowest BCUT2D eigenvalue weighted by Gasteiger charge is -2.38. The van der Waals surface area contributed by atoms with Crippen LogP contribution in [0.5, 0.6) is 0 Å². The molecule has 0 bridgehead atoms. The maximum atomic E-state index is 13.2. The summed E-state index contributed by atoms with van der Waals surface area (Å²) < 4.78 is 11.1. The van der Waals surface area contributed by atoms with Crippen LogP contribution in [0.25, 0.3) is 0 Å². The number of piperazine rings is 1. The molecule has 1 saturated carbocycles. The fraction of sp³-hybridized carbons (Fsp3) is 0.522. The molecule has 2 amide bonds. The molecule has 1 aromatic rings. The molecule has 2 unspecified atom stereocenters. The second kappa shape index (κ2) is 7.24. The van der Waals surface area contributed by atoms with Gasteiger partial charge in [-0.1, -0.05) is 18.2 Å². The zero-order valence-corrected chi connectivity index (χ0v) is 17.9. The number of hydrogen-bond acceptors (Lipinski definition) is 5. The van der Waals surface area contributed by atoms with Gasteiger partial charge >= 0.3 is 6.03 Å². The topological polar surface area (TPSA) is 45.3 Å². The Bertz CT molecular complexity index is 924. The number of carbonyl (C=O) groups excluding carboxylic acids is 1. The van der Waals surface area contributed by atoms with Crippen molar-refractivity contribution in [2.24, 2.45) is 11.3 Å². The van der Waals surface area contributed by atoms with E-state index in [1.807, 2.05) is 21.6 Å². The van der Waals surface area contributed by atoms with Crippen LogP contribution in [0.1, 0.15) is 12.0 Å². The summed E-state index contributed by atoms with van der Waals surface area (Å²) in [6, 6.07) is 8.65. The summed E-state index contributed by atoms with van der Waals surface area (Å²) in [7, 11) is 0. The van der Waals surface area contributed by atoms with Crippen molar-refractivity contribution in [2.75, 3.05) is 51.8 Å². The zero-order valence-electron chi connectivity index (χ0n) is 17.1. The van der Waals surface area contributed by atoms with Gasteiger partial charge in [0.05, 0.1) is 0 Å². The van der Waals surface area contributed by atoms with E-state index < -0.39 is 0 Å². The normalized spacial score (nSPS) is 30.1. The Labute approximate surface area is 181 Å². The van der Waals surface area contributed by atoms with Gasteiger partial charge in [-0.05, 0) is 36.1 Å². The third kappa shape index (κ3) is 3.28. The Balaban J connectivity index is 1.06. The Morgan fingerprint density at radius 1 is 1.07 bits per heavy atom. The highest BCUT2D eigenvalue weighted by molar-refractivity contribution is 7.99. The largest absolute Gasteiger partial charge is 0.454 e. The number of allylic oxidation sites excluding steroid dienone is 1. The van der Waals surface area contributed by atoms with E-state index in [1.165, 1.54) is 16.9 Å². The summed E-state index contributed by atoms with van der Waals surface area (Å²) in [5, 5.41) is 0. The molecule has 0 spiro atoms. The van der Waals surface area contributed by atoms with Crippen LogP contribution in [0.15, 0.2) is 52.8 Å². The number of carbonyl (C=O) groups is 1. The van der Waals surface area contributed by atoms with Crippen molar-refractivity contribution >= 4 is 17.8 Å². The monoisotopic (exact) mass is 425 g/mol. The molecule has 6 rings (SSSR count). The molecule has 5 aliphatic rings. The summed E-state index contributed by atoms with van der Waals surface area (Å²) in [6.45, 7) is 6.42. The van der Waals surface area contributed by atoms with Crippen LogP contribution in [0.4, 0.5) is 4.79 Å². The highest BCUT2D eigenvalue weighted by atomic mass is 32.2. The lowest BCUT2D eigenvalue weighted by Crippen LogP contribution is -2.53.